The van der Waals surface area contributed by atoms with Crippen LogP contribution in [0.3, 0.4) is 0 Å². The van der Waals surface area contributed by atoms with E-state index in [9.17, 15) is 5.11 Å². The van der Waals surface area contributed by atoms with Gasteiger partial charge in [0.1, 0.15) is 10.6 Å². The molecule has 0 aromatic carbocycles. The summed E-state index contributed by atoms with van der Waals surface area (Å²) in [4.78, 5) is 13.0. The number of hydrogen-bond acceptors (Lipinski definition) is 5. The zero-order chi connectivity index (χ0) is 12.7. The van der Waals surface area contributed by atoms with Gasteiger partial charge in [0.25, 0.3) is 0 Å². The third-order valence-corrected chi connectivity index (χ3v) is 4.43. The summed E-state index contributed by atoms with van der Waals surface area (Å²) in [7, 11) is 0. The number of anilines is 1. The first kappa shape index (κ1) is 12.1. The molecule has 1 N–H and O–H groups in total. The number of halogens is 1. The Balaban J connectivity index is 2.05. The second kappa shape index (κ2) is 4.64. The molecule has 2 aromatic rings. The van der Waals surface area contributed by atoms with E-state index in [2.05, 4.69) is 27.9 Å². The van der Waals surface area contributed by atoms with Crippen molar-refractivity contribution in [3.8, 4) is 0 Å². The highest BCUT2D eigenvalue weighted by molar-refractivity contribution is 7.18. The van der Waals surface area contributed by atoms with Gasteiger partial charge in [0.05, 0.1) is 5.39 Å². The van der Waals surface area contributed by atoms with Gasteiger partial charge in [0, 0.05) is 30.5 Å². The minimum atomic E-state index is 0.237. The molecule has 3 rings (SSSR count). The van der Waals surface area contributed by atoms with Gasteiger partial charge < -0.3 is 10.0 Å². The van der Waals surface area contributed by atoms with Crippen LogP contribution in [-0.2, 0) is 0 Å². The minimum Gasteiger partial charge on any atom is -0.396 e. The molecule has 1 unspecified atom stereocenters. The van der Waals surface area contributed by atoms with E-state index in [1.807, 2.05) is 0 Å². The highest BCUT2D eigenvalue weighted by atomic mass is 35.5. The fraction of sp³-hybridized carbons (Fsp3) is 0.500. The summed E-state index contributed by atoms with van der Waals surface area (Å²) in [5, 5.41) is 10.6. The summed E-state index contributed by atoms with van der Waals surface area (Å²) in [6, 6.07) is 2.11. The van der Waals surface area contributed by atoms with Crippen molar-refractivity contribution in [1.29, 1.82) is 0 Å². The quantitative estimate of drug-likeness (QED) is 0.860. The standard InChI is InChI=1S/C12H14ClN3OS/c1-7-4-9-10(14-12(13)15-11(9)18-7)16-3-2-8(5-16)6-17/h4,8,17H,2-3,5-6H2,1H3. The van der Waals surface area contributed by atoms with Gasteiger partial charge in [-0.2, -0.15) is 4.98 Å². The van der Waals surface area contributed by atoms with Gasteiger partial charge in [-0.3, -0.25) is 0 Å². The van der Waals surface area contributed by atoms with E-state index in [-0.39, 0.29) is 6.61 Å². The average molecular weight is 284 g/mol. The Morgan fingerprint density at radius 2 is 2.39 bits per heavy atom. The van der Waals surface area contributed by atoms with Gasteiger partial charge in [0.2, 0.25) is 5.28 Å². The maximum absolute atomic E-state index is 9.22. The number of aliphatic hydroxyl groups is 1. The van der Waals surface area contributed by atoms with Gasteiger partial charge in [-0.1, -0.05) is 0 Å². The Labute approximate surface area is 114 Å². The Bertz CT molecular complexity index is 586. The summed E-state index contributed by atoms with van der Waals surface area (Å²) in [5.74, 6) is 1.25. The number of thiophene rings is 1. The number of hydrogen-bond donors (Lipinski definition) is 1. The molecule has 0 saturated carbocycles. The molecule has 0 amide bonds. The molecule has 1 aliphatic heterocycles. The largest absolute Gasteiger partial charge is 0.396 e. The van der Waals surface area contributed by atoms with Crippen molar-refractivity contribution in [2.45, 2.75) is 13.3 Å². The van der Waals surface area contributed by atoms with Crippen molar-refractivity contribution < 1.29 is 5.11 Å². The van der Waals surface area contributed by atoms with Crippen molar-refractivity contribution in [3.05, 3.63) is 16.2 Å². The zero-order valence-electron chi connectivity index (χ0n) is 10.1. The minimum absolute atomic E-state index is 0.237. The van der Waals surface area contributed by atoms with Crippen LogP contribution >= 0.6 is 22.9 Å². The lowest BCUT2D eigenvalue weighted by atomic mass is 10.1. The van der Waals surface area contributed by atoms with Gasteiger partial charge in [-0.05, 0) is 31.0 Å². The Hall–Kier alpha value is -0.910. The Kier molecular flexibility index (Phi) is 3.13. The maximum atomic E-state index is 9.22. The Morgan fingerprint density at radius 3 is 3.11 bits per heavy atom. The van der Waals surface area contributed by atoms with Crippen LogP contribution in [0, 0.1) is 12.8 Å². The lowest BCUT2D eigenvalue weighted by Crippen LogP contribution is -2.22. The van der Waals surface area contributed by atoms with Crippen molar-refractivity contribution in [3.63, 3.8) is 0 Å². The first-order valence-electron chi connectivity index (χ1n) is 5.97. The SMILES string of the molecule is Cc1cc2c(N3CCC(CO)C3)nc(Cl)nc2s1. The van der Waals surface area contributed by atoms with Crippen LogP contribution in [0.2, 0.25) is 5.28 Å². The Morgan fingerprint density at radius 1 is 1.56 bits per heavy atom. The third-order valence-electron chi connectivity index (χ3n) is 3.31. The van der Waals surface area contributed by atoms with E-state index in [1.54, 1.807) is 11.3 Å². The fourth-order valence-corrected chi connectivity index (χ4v) is 3.51. The predicted octanol–water partition coefficient (Wildman–Crippen LogP) is 2.47. The van der Waals surface area contributed by atoms with Crippen molar-refractivity contribution in [2.24, 2.45) is 5.92 Å². The normalized spacial score (nSPS) is 19.9. The molecule has 0 bridgehead atoms. The summed E-state index contributed by atoms with van der Waals surface area (Å²) in [6.07, 6.45) is 1.00. The van der Waals surface area contributed by atoms with Crippen molar-refractivity contribution >= 4 is 39.0 Å². The van der Waals surface area contributed by atoms with E-state index in [0.717, 1.165) is 35.5 Å². The van der Waals surface area contributed by atoms with E-state index in [4.69, 9.17) is 11.6 Å². The molecule has 18 heavy (non-hydrogen) atoms. The molecule has 0 radical (unpaired) electrons. The van der Waals surface area contributed by atoms with Crippen LogP contribution in [0.15, 0.2) is 6.07 Å². The molecule has 1 aliphatic rings. The molecule has 3 heterocycles. The van der Waals surface area contributed by atoms with Crippen LogP contribution in [-0.4, -0.2) is 34.8 Å². The number of rotatable bonds is 2. The van der Waals surface area contributed by atoms with E-state index < -0.39 is 0 Å². The summed E-state index contributed by atoms with van der Waals surface area (Å²) < 4.78 is 0. The molecular weight excluding hydrogens is 270 g/mol. The molecule has 96 valence electrons. The zero-order valence-corrected chi connectivity index (χ0v) is 11.6. The molecule has 1 saturated heterocycles. The van der Waals surface area contributed by atoms with Gasteiger partial charge in [0.15, 0.2) is 0 Å². The smallest absolute Gasteiger partial charge is 0.225 e. The molecule has 4 nitrogen and oxygen atoms in total. The number of nitrogens with zero attached hydrogens (tertiary/aromatic N) is 3. The van der Waals surface area contributed by atoms with Crippen LogP contribution in [0.5, 0.6) is 0 Å². The van der Waals surface area contributed by atoms with E-state index in [0.29, 0.717) is 11.2 Å². The monoisotopic (exact) mass is 283 g/mol. The van der Waals surface area contributed by atoms with Gasteiger partial charge in [-0.25, -0.2) is 4.98 Å². The second-order valence-corrected chi connectivity index (χ2v) is 6.25. The number of fused-ring (bicyclic) bond motifs is 1. The van der Waals surface area contributed by atoms with Crippen LogP contribution in [0.4, 0.5) is 5.82 Å². The summed E-state index contributed by atoms with van der Waals surface area (Å²) >= 11 is 7.62. The van der Waals surface area contributed by atoms with Gasteiger partial charge in [-0.15, -0.1) is 11.3 Å². The lowest BCUT2D eigenvalue weighted by Gasteiger charge is -2.18. The first-order chi connectivity index (χ1) is 8.67. The highest BCUT2D eigenvalue weighted by Crippen LogP contribution is 2.33. The van der Waals surface area contributed by atoms with Crippen LogP contribution in [0.1, 0.15) is 11.3 Å². The third kappa shape index (κ3) is 2.06. The molecular formula is C12H14ClN3OS. The molecule has 1 atom stereocenters. The topological polar surface area (TPSA) is 49.2 Å². The van der Waals surface area contributed by atoms with E-state index >= 15 is 0 Å². The summed E-state index contributed by atoms with van der Waals surface area (Å²) in [5.41, 5.74) is 0. The number of aryl methyl sites for hydroxylation is 1. The molecule has 0 spiro atoms. The molecule has 6 heteroatoms. The fourth-order valence-electron chi connectivity index (χ4n) is 2.42. The lowest BCUT2D eigenvalue weighted by molar-refractivity contribution is 0.238. The van der Waals surface area contributed by atoms with Crippen LogP contribution < -0.4 is 4.90 Å². The average Bonchev–Trinajstić information content (AvgIpc) is 2.93. The molecule has 0 aliphatic carbocycles. The molecule has 2 aromatic heterocycles. The van der Waals surface area contributed by atoms with Gasteiger partial charge >= 0.3 is 0 Å². The van der Waals surface area contributed by atoms with E-state index in [1.165, 1.54) is 4.88 Å². The van der Waals surface area contributed by atoms with Crippen LogP contribution in [0.25, 0.3) is 10.2 Å². The maximum Gasteiger partial charge on any atom is 0.225 e. The number of aromatic nitrogens is 2. The van der Waals surface area contributed by atoms with Crippen molar-refractivity contribution in [1.82, 2.24) is 9.97 Å². The summed E-state index contributed by atoms with van der Waals surface area (Å²) in [6.45, 7) is 4.06. The molecule has 1 fully saturated rings. The highest BCUT2D eigenvalue weighted by Gasteiger charge is 2.25. The second-order valence-electron chi connectivity index (χ2n) is 4.68. The predicted molar refractivity (Wildman–Crippen MR) is 74.6 cm³/mol. The van der Waals surface area contributed by atoms with Crippen molar-refractivity contribution in [2.75, 3.05) is 24.6 Å². The first-order valence-corrected chi connectivity index (χ1v) is 7.16. The number of aliphatic hydroxyl groups excluding tert-OH is 1.